The van der Waals surface area contributed by atoms with Gasteiger partial charge in [-0.2, -0.15) is 0 Å². The van der Waals surface area contributed by atoms with E-state index in [0.29, 0.717) is 11.3 Å². The van der Waals surface area contributed by atoms with Gasteiger partial charge in [-0.15, -0.1) is 0 Å². The SMILES string of the molecule is COc1cc(O)c2c(c1)OC(c1ccc(O)c(OC)c1)C(=O)C2O. The minimum absolute atomic E-state index is 0.00259. The highest BCUT2D eigenvalue weighted by Crippen LogP contribution is 2.45. The molecule has 126 valence electrons. The van der Waals surface area contributed by atoms with Crippen LogP contribution >= 0.6 is 0 Å². The van der Waals surface area contributed by atoms with Crippen molar-refractivity contribution >= 4 is 5.78 Å². The zero-order chi connectivity index (χ0) is 17.4. The number of aromatic hydroxyl groups is 2. The second kappa shape index (κ2) is 5.93. The number of hydrogen-bond acceptors (Lipinski definition) is 7. The highest BCUT2D eigenvalue weighted by Gasteiger charge is 2.39. The Morgan fingerprint density at radius 2 is 1.79 bits per heavy atom. The number of methoxy groups -OCH3 is 2. The topological polar surface area (TPSA) is 105 Å². The van der Waals surface area contributed by atoms with Crippen molar-refractivity contribution in [3.63, 3.8) is 0 Å². The number of phenolic OH excluding ortho intramolecular Hbond substituents is 2. The summed E-state index contributed by atoms with van der Waals surface area (Å²) in [6.07, 6.45) is -2.64. The molecule has 1 heterocycles. The van der Waals surface area contributed by atoms with Crippen LogP contribution in [0.2, 0.25) is 0 Å². The number of phenols is 2. The molecule has 7 heteroatoms. The van der Waals surface area contributed by atoms with E-state index in [2.05, 4.69) is 0 Å². The van der Waals surface area contributed by atoms with Gasteiger partial charge >= 0.3 is 0 Å². The molecule has 7 nitrogen and oxygen atoms in total. The number of rotatable bonds is 3. The van der Waals surface area contributed by atoms with Crippen LogP contribution in [0.1, 0.15) is 23.3 Å². The Hall–Kier alpha value is -2.93. The summed E-state index contributed by atoms with van der Waals surface area (Å²) in [6, 6.07) is 7.10. The molecule has 0 saturated carbocycles. The van der Waals surface area contributed by atoms with Crippen LogP contribution in [-0.4, -0.2) is 35.3 Å². The molecule has 0 fully saturated rings. The van der Waals surface area contributed by atoms with Gasteiger partial charge in [0.25, 0.3) is 0 Å². The lowest BCUT2D eigenvalue weighted by molar-refractivity contribution is -0.137. The maximum atomic E-state index is 12.5. The van der Waals surface area contributed by atoms with Crippen LogP contribution in [0.25, 0.3) is 0 Å². The summed E-state index contributed by atoms with van der Waals surface area (Å²) in [6.45, 7) is 0. The Morgan fingerprint density at radius 3 is 2.46 bits per heavy atom. The average Bonchev–Trinajstić information content (AvgIpc) is 2.58. The van der Waals surface area contributed by atoms with Crippen molar-refractivity contribution in [1.82, 2.24) is 0 Å². The fraction of sp³-hybridized carbons (Fsp3) is 0.235. The Bertz CT molecular complexity index is 800. The van der Waals surface area contributed by atoms with E-state index in [1.807, 2.05) is 0 Å². The van der Waals surface area contributed by atoms with Crippen molar-refractivity contribution in [2.24, 2.45) is 0 Å². The number of ketones is 1. The zero-order valence-electron chi connectivity index (χ0n) is 13.0. The average molecular weight is 332 g/mol. The molecular formula is C17H16O7. The van der Waals surface area contributed by atoms with E-state index in [1.54, 1.807) is 0 Å². The van der Waals surface area contributed by atoms with Crippen molar-refractivity contribution in [2.45, 2.75) is 12.2 Å². The lowest BCUT2D eigenvalue weighted by atomic mass is 9.92. The molecule has 0 spiro atoms. The fourth-order valence-electron chi connectivity index (χ4n) is 2.64. The largest absolute Gasteiger partial charge is 0.507 e. The molecule has 3 N–H and O–H groups in total. The van der Waals surface area contributed by atoms with Crippen LogP contribution in [0.4, 0.5) is 0 Å². The summed E-state index contributed by atoms with van der Waals surface area (Å²) in [5.41, 5.74) is 0.407. The van der Waals surface area contributed by atoms with E-state index < -0.39 is 18.0 Å². The van der Waals surface area contributed by atoms with Crippen LogP contribution in [0, 0.1) is 0 Å². The first-order valence-electron chi connectivity index (χ1n) is 7.12. The van der Waals surface area contributed by atoms with Gasteiger partial charge in [0.1, 0.15) is 23.4 Å². The van der Waals surface area contributed by atoms with Gasteiger partial charge in [0.05, 0.1) is 19.8 Å². The predicted molar refractivity (Wildman–Crippen MR) is 82.7 cm³/mol. The standard InChI is InChI=1S/C17H16O7/c1-22-9-6-11(19)14-13(7-9)24-17(16(21)15(14)20)8-3-4-10(18)12(5-8)23-2/h3-7,15,17-20H,1-2H3. The van der Waals surface area contributed by atoms with Crippen LogP contribution in [0.5, 0.6) is 28.7 Å². The van der Waals surface area contributed by atoms with Gasteiger partial charge < -0.3 is 29.5 Å². The summed E-state index contributed by atoms with van der Waals surface area (Å²) in [7, 11) is 2.81. The Morgan fingerprint density at radius 1 is 1.04 bits per heavy atom. The van der Waals surface area contributed by atoms with Gasteiger partial charge in [0.2, 0.25) is 5.78 Å². The van der Waals surface area contributed by atoms with Crippen LogP contribution in [0.3, 0.4) is 0 Å². The first-order chi connectivity index (χ1) is 11.5. The molecule has 0 bridgehead atoms. The second-order valence-corrected chi connectivity index (χ2v) is 5.29. The van der Waals surface area contributed by atoms with E-state index in [9.17, 15) is 20.1 Å². The number of benzene rings is 2. The van der Waals surface area contributed by atoms with Crippen LogP contribution in [-0.2, 0) is 4.79 Å². The normalized spacial score (nSPS) is 19.4. The number of aliphatic hydroxyl groups excluding tert-OH is 1. The maximum Gasteiger partial charge on any atom is 0.211 e. The highest BCUT2D eigenvalue weighted by molar-refractivity contribution is 5.92. The monoisotopic (exact) mass is 332 g/mol. The molecule has 0 aromatic heterocycles. The third-order valence-corrected chi connectivity index (χ3v) is 3.88. The molecule has 0 aliphatic carbocycles. The second-order valence-electron chi connectivity index (χ2n) is 5.29. The van der Waals surface area contributed by atoms with Gasteiger partial charge in [-0.1, -0.05) is 6.07 Å². The minimum Gasteiger partial charge on any atom is -0.507 e. The summed E-state index contributed by atoms with van der Waals surface area (Å²) < 4.78 is 15.8. The number of Topliss-reactive ketones (excluding diaryl/α,β-unsaturated/α-hetero) is 1. The van der Waals surface area contributed by atoms with Crippen molar-refractivity contribution in [1.29, 1.82) is 0 Å². The number of hydrogen-bond donors (Lipinski definition) is 3. The minimum atomic E-state index is -1.54. The Labute approximate surface area is 137 Å². The van der Waals surface area contributed by atoms with Crippen molar-refractivity contribution in [3.05, 3.63) is 41.5 Å². The summed E-state index contributed by atoms with van der Waals surface area (Å²) in [5, 5.41) is 29.9. The molecule has 2 unspecified atom stereocenters. The zero-order valence-corrected chi connectivity index (χ0v) is 13.0. The van der Waals surface area contributed by atoms with Gasteiger partial charge in [-0.05, 0) is 12.1 Å². The van der Waals surface area contributed by atoms with Gasteiger partial charge in [0.15, 0.2) is 17.6 Å². The molecule has 2 aromatic rings. The number of ether oxygens (including phenoxy) is 3. The first-order valence-corrected chi connectivity index (χ1v) is 7.12. The lowest BCUT2D eigenvalue weighted by Crippen LogP contribution is -2.30. The molecule has 0 radical (unpaired) electrons. The van der Waals surface area contributed by atoms with Crippen molar-refractivity contribution < 1.29 is 34.3 Å². The highest BCUT2D eigenvalue weighted by atomic mass is 16.5. The third kappa shape index (κ3) is 2.48. The van der Waals surface area contributed by atoms with E-state index in [-0.39, 0.29) is 28.6 Å². The van der Waals surface area contributed by atoms with Gasteiger partial charge in [-0.25, -0.2) is 0 Å². The summed E-state index contributed by atoms with van der Waals surface area (Å²) in [4.78, 5) is 12.5. The molecule has 0 amide bonds. The van der Waals surface area contributed by atoms with Crippen LogP contribution < -0.4 is 14.2 Å². The maximum absolute atomic E-state index is 12.5. The van der Waals surface area contributed by atoms with Crippen molar-refractivity contribution in [3.8, 4) is 28.7 Å². The van der Waals surface area contributed by atoms with Crippen molar-refractivity contribution in [2.75, 3.05) is 14.2 Å². The number of carbonyl (C=O) groups excluding carboxylic acids is 1. The molecule has 2 aromatic carbocycles. The number of fused-ring (bicyclic) bond motifs is 1. The quantitative estimate of drug-likeness (QED) is 0.787. The fourth-order valence-corrected chi connectivity index (χ4v) is 2.64. The van der Waals surface area contributed by atoms with E-state index >= 15 is 0 Å². The molecule has 0 saturated heterocycles. The Balaban J connectivity index is 2.07. The smallest absolute Gasteiger partial charge is 0.211 e. The summed E-state index contributed by atoms with van der Waals surface area (Å²) in [5.74, 6) is -0.337. The number of aliphatic hydroxyl groups is 1. The first kappa shape index (κ1) is 15.9. The third-order valence-electron chi connectivity index (χ3n) is 3.88. The number of carbonyl (C=O) groups is 1. The molecule has 1 aliphatic rings. The van der Waals surface area contributed by atoms with E-state index in [0.717, 1.165) is 0 Å². The van der Waals surface area contributed by atoms with Gasteiger partial charge in [0, 0.05) is 17.7 Å². The summed E-state index contributed by atoms with van der Waals surface area (Å²) >= 11 is 0. The predicted octanol–water partition coefficient (Wildman–Crippen LogP) is 1.85. The van der Waals surface area contributed by atoms with E-state index in [1.165, 1.54) is 44.6 Å². The molecule has 1 aliphatic heterocycles. The molecule has 3 rings (SSSR count). The molecule has 24 heavy (non-hydrogen) atoms. The molecule has 2 atom stereocenters. The van der Waals surface area contributed by atoms with Gasteiger partial charge in [-0.3, -0.25) is 4.79 Å². The molecular weight excluding hydrogens is 316 g/mol. The lowest BCUT2D eigenvalue weighted by Gasteiger charge is -2.29. The van der Waals surface area contributed by atoms with Crippen LogP contribution in [0.15, 0.2) is 30.3 Å². The van der Waals surface area contributed by atoms with E-state index in [4.69, 9.17) is 14.2 Å². The Kier molecular flexibility index (Phi) is 3.94.